The lowest BCUT2D eigenvalue weighted by Gasteiger charge is -2.28. The number of benzene rings is 2. The molecule has 0 bridgehead atoms. The Kier molecular flexibility index (Phi) is 3.90. The Balaban J connectivity index is 1.83. The zero-order valence-electron chi connectivity index (χ0n) is 15.0. The molecule has 0 aliphatic carbocycles. The minimum absolute atomic E-state index is 0.0563. The maximum absolute atomic E-state index is 13.2. The summed E-state index contributed by atoms with van der Waals surface area (Å²) in [6.45, 7) is 1.88. The van der Waals surface area contributed by atoms with E-state index in [1.54, 1.807) is 31.1 Å². The Morgan fingerprint density at radius 1 is 1.31 bits per heavy atom. The number of ether oxygens (including phenoxy) is 1. The van der Waals surface area contributed by atoms with Gasteiger partial charge in [0, 0.05) is 25.2 Å². The first-order valence-corrected chi connectivity index (χ1v) is 8.60. The van der Waals surface area contributed by atoms with Gasteiger partial charge in [0.1, 0.15) is 23.3 Å². The summed E-state index contributed by atoms with van der Waals surface area (Å²) in [5, 5.41) is 0. The summed E-state index contributed by atoms with van der Waals surface area (Å²) < 4.78 is 19.5. The summed E-state index contributed by atoms with van der Waals surface area (Å²) in [6.07, 6.45) is 1.24. The van der Waals surface area contributed by atoms with Gasteiger partial charge in [-0.25, -0.2) is 9.37 Å². The maximum atomic E-state index is 13.2. The zero-order chi connectivity index (χ0) is 18.4. The quantitative estimate of drug-likeness (QED) is 0.763. The molecule has 0 saturated heterocycles. The molecule has 1 unspecified atom stereocenters. The molecule has 1 aromatic heterocycles. The van der Waals surface area contributed by atoms with Crippen LogP contribution in [-0.4, -0.2) is 34.9 Å². The second-order valence-corrected chi connectivity index (χ2v) is 6.85. The van der Waals surface area contributed by atoms with Crippen LogP contribution in [0.15, 0.2) is 30.3 Å². The van der Waals surface area contributed by atoms with Crippen LogP contribution >= 0.6 is 0 Å². The van der Waals surface area contributed by atoms with Gasteiger partial charge in [-0.1, -0.05) is 12.1 Å². The Hall–Kier alpha value is -2.89. The van der Waals surface area contributed by atoms with E-state index in [1.807, 2.05) is 13.0 Å². The number of hydrogen-bond donors (Lipinski definition) is 1. The molecular weight excluding hydrogens is 333 g/mol. The van der Waals surface area contributed by atoms with Gasteiger partial charge in [0.05, 0.1) is 5.52 Å². The number of imidazole rings is 1. The Labute approximate surface area is 150 Å². The summed E-state index contributed by atoms with van der Waals surface area (Å²) in [5.41, 5.74) is 3.97. The fraction of sp³-hybridized carbons (Fsp3) is 0.300. The highest BCUT2D eigenvalue weighted by molar-refractivity contribution is 6.01. The van der Waals surface area contributed by atoms with Crippen molar-refractivity contribution < 1.29 is 13.9 Å². The molecule has 0 fully saturated rings. The number of H-pyrrole nitrogens is 1. The van der Waals surface area contributed by atoms with Crippen LogP contribution in [-0.2, 0) is 6.42 Å². The van der Waals surface area contributed by atoms with Gasteiger partial charge in [0.25, 0.3) is 5.91 Å². The molecule has 4 rings (SSSR count). The fourth-order valence-electron chi connectivity index (χ4n) is 3.48. The lowest BCUT2D eigenvalue weighted by atomic mass is 9.93. The van der Waals surface area contributed by atoms with Crippen LogP contribution in [0.2, 0.25) is 0 Å². The minimum atomic E-state index is -0.269. The number of hydrogen-bond acceptors (Lipinski definition) is 3. The smallest absolute Gasteiger partial charge is 0.253 e. The third kappa shape index (κ3) is 2.71. The molecule has 0 saturated carbocycles. The molecule has 1 atom stereocenters. The lowest BCUT2D eigenvalue weighted by molar-refractivity contribution is 0.0823. The second-order valence-electron chi connectivity index (χ2n) is 6.85. The highest BCUT2D eigenvalue weighted by Gasteiger charge is 2.29. The molecule has 2 heterocycles. The second kappa shape index (κ2) is 6.12. The standard InChI is InChI=1S/C20H20FN3O2/c1-11-22-16-10-15(20(25)24(2)3)14-8-9-17(26-19(14)18(16)23-11)12-4-6-13(21)7-5-12/h4-7,10,17H,8-9H2,1-3H3,(H,22,23). The van der Waals surface area contributed by atoms with Crippen molar-refractivity contribution in [2.45, 2.75) is 25.9 Å². The molecule has 1 aliphatic heterocycles. The average molecular weight is 353 g/mol. The summed E-state index contributed by atoms with van der Waals surface area (Å²) >= 11 is 0. The van der Waals surface area contributed by atoms with Crippen LogP contribution in [0.1, 0.15) is 39.8 Å². The highest BCUT2D eigenvalue weighted by Crippen LogP contribution is 2.41. The molecule has 0 radical (unpaired) electrons. The number of nitrogens with one attached hydrogen (secondary N) is 1. The molecule has 2 aromatic carbocycles. The summed E-state index contributed by atoms with van der Waals surface area (Å²) in [5.74, 6) is 1.09. The Bertz CT molecular complexity index is 992. The van der Waals surface area contributed by atoms with Crippen LogP contribution in [0.5, 0.6) is 5.75 Å². The van der Waals surface area contributed by atoms with Gasteiger partial charge in [-0.3, -0.25) is 4.79 Å². The van der Waals surface area contributed by atoms with E-state index >= 15 is 0 Å². The van der Waals surface area contributed by atoms with Crippen LogP contribution in [0.3, 0.4) is 0 Å². The third-order valence-corrected chi connectivity index (χ3v) is 4.75. The molecule has 5 nitrogen and oxygen atoms in total. The molecular formula is C20H20FN3O2. The summed E-state index contributed by atoms with van der Waals surface area (Å²) in [4.78, 5) is 22.0. The van der Waals surface area contributed by atoms with Crippen LogP contribution in [0.25, 0.3) is 11.0 Å². The first-order chi connectivity index (χ1) is 12.4. The number of amides is 1. The van der Waals surface area contributed by atoms with E-state index in [1.165, 1.54) is 12.1 Å². The minimum Gasteiger partial charge on any atom is -0.483 e. The number of carbonyl (C=O) groups is 1. The lowest BCUT2D eigenvalue weighted by Crippen LogP contribution is -2.25. The number of nitrogens with zero attached hydrogens (tertiary/aromatic N) is 2. The van der Waals surface area contributed by atoms with E-state index in [4.69, 9.17) is 4.74 Å². The summed E-state index contributed by atoms with van der Waals surface area (Å²) in [7, 11) is 3.48. The zero-order valence-corrected chi connectivity index (χ0v) is 15.0. The number of aromatic amines is 1. The van der Waals surface area contributed by atoms with Gasteiger partial charge in [-0.15, -0.1) is 0 Å². The first-order valence-electron chi connectivity index (χ1n) is 8.60. The predicted octanol–water partition coefficient (Wildman–Crippen LogP) is 3.78. The van der Waals surface area contributed by atoms with Crippen molar-refractivity contribution >= 4 is 16.9 Å². The number of aromatic nitrogens is 2. The predicted molar refractivity (Wildman–Crippen MR) is 96.9 cm³/mol. The van der Waals surface area contributed by atoms with Gasteiger partial charge in [0.2, 0.25) is 0 Å². The van der Waals surface area contributed by atoms with Crippen molar-refractivity contribution in [2.75, 3.05) is 14.1 Å². The monoisotopic (exact) mass is 353 g/mol. The molecule has 1 amide bonds. The molecule has 26 heavy (non-hydrogen) atoms. The van der Waals surface area contributed by atoms with Gasteiger partial charge in [-0.2, -0.15) is 0 Å². The topological polar surface area (TPSA) is 58.2 Å². The van der Waals surface area contributed by atoms with E-state index in [0.717, 1.165) is 34.4 Å². The third-order valence-electron chi connectivity index (χ3n) is 4.75. The highest BCUT2D eigenvalue weighted by atomic mass is 19.1. The number of aryl methyl sites for hydroxylation is 1. The van der Waals surface area contributed by atoms with Crippen molar-refractivity contribution in [3.8, 4) is 5.75 Å². The molecule has 134 valence electrons. The molecule has 1 aliphatic rings. The molecule has 1 N–H and O–H groups in total. The van der Waals surface area contributed by atoms with E-state index in [-0.39, 0.29) is 17.8 Å². The van der Waals surface area contributed by atoms with E-state index < -0.39 is 0 Å². The number of rotatable bonds is 2. The van der Waals surface area contributed by atoms with Crippen molar-refractivity contribution in [1.29, 1.82) is 0 Å². The number of halogens is 1. The van der Waals surface area contributed by atoms with Crippen molar-refractivity contribution in [3.05, 3.63) is 58.7 Å². The number of fused-ring (bicyclic) bond motifs is 3. The summed E-state index contributed by atoms with van der Waals surface area (Å²) in [6, 6.07) is 8.22. The SMILES string of the molecule is Cc1nc2c3c(c(C(=O)N(C)C)cc2[nH]1)CCC(c1ccc(F)cc1)O3. The Morgan fingerprint density at radius 3 is 2.73 bits per heavy atom. The van der Waals surface area contributed by atoms with Crippen LogP contribution < -0.4 is 4.74 Å². The van der Waals surface area contributed by atoms with Gasteiger partial charge >= 0.3 is 0 Å². The molecule has 6 heteroatoms. The van der Waals surface area contributed by atoms with Crippen molar-refractivity contribution in [2.24, 2.45) is 0 Å². The van der Waals surface area contributed by atoms with E-state index in [9.17, 15) is 9.18 Å². The number of carbonyl (C=O) groups excluding carboxylic acids is 1. The van der Waals surface area contributed by atoms with Crippen LogP contribution in [0, 0.1) is 12.7 Å². The van der Waals surface area contributed by atoms with Crippen molar-refractivity contribution in [3.63, 3.8) is 0 Å². The van der Waals surface area contributed by atoms with Gasteiger partial charge < -0.3 is 14.6 Å². The first kappa shape index (κ1) is 16.6. The van der Waals surface area contributed by atoms with Gasteiger partial charge in [-0.05, 0) is 43.5 Å². The van der Waals surface area contributed by atoms with E-state index in [2.05, 4.69) is 9.97 Å². The Morgan fingerprint density at radius 2 is 2.04 bits per heavy atom. The maximum Gasteiger partial charge on any atom is 0.253 e. The molecule has 0 spiro atoms. The molecule has 3 aromatic rings. The van der Waals surface area contributed by atoms with Gasteiger partial charge in [0.15, 0.2) is 5.75 Å². The van der Waals surface area contributed by atoms with E-state index in [0.29, 0.717) is 17.7 Å². The van der Waals surface area contributed by atoms with Crippen molar-refractivity contribution in [1.82, 2.24) is 14.9 Å². The fourth-order valence-corrected chi connectivity index (χ4v) is 3.48. The average Bonchev–Trinajstić information content (AvgIpc) is 3.01. The largest absolute Gasteiger partial charge is 0.483 e. The normalized spacial score (nSPS) is 16.2. The van der Waals surface area contributed by atoms with Crippen LogP contribution in [0.4, 0.5) is 4.39 Å².